The monoisotopic (exact) mass is 236 g/mol. The van der Waals surface area contributed by atoms with Crippen molar-refractivity contribution < 1.29 is 4.74 Å². The van der Waals surface area contributed by atoms with E-state index in [9.17, 15) is 0 Å². The Morgan fingerprint density at radius 3 is 3.25 bits per heavy atom. The lowest BCUT2D eigenvalue weighted by atomic mass is 10.4. The summed E-state index contributed by atoms with van der Waals surface area (Å²) in [6.45, 7) is 3.44. The highest BCUT2D eigenvalue weighted by Crippen LogP contribution is 2.20. The minimum Gasteiger partial charge on any atom is -0.490 e. The van der Waals surface area contributed by atoms with Gasteiger partial charge in [0.05, 0.1) is 12.4 Å². The molecule has 1 aromatic heterocycles. The molecule has 0 spiro atoms. The van der Waals surface area contributed by atoms with Gasteiger partial charge in [0, 0.05) is 18.5 Å². The number of rotatable bonds is 7. The molecule has 0 amide bonds. The van der Waals surface area contributed by atoms with Gasteiger partial charge in [-0.05, 0) is 19.1 Å². The van der Waals surface area contributed by atoms with Gasteiger partial charge < -0.3 is 10.1 Å². The minimum absolute atomic E-state index is 0.645. The Morgan fingerprint density at radius 2 is 2.50 bits per heavy atom. The van der Waals surface area contributed by atoms with Crippen LogP contribution in [0, 0.1) is 12.3 Å². The van der Waals surface area contributed by atoms with Crippen molar-refractivity contribution in [1.29, 1.82) is 0 Å². The largest absolute Gasteiger partial charge is 0.490 e. The molecule has 0 aromatic carbocycles. The summed E-state index contributed by atoms with van der Waals surface area (Å²) >= 11 is 1.72. The molecule has 0 aliphatic carbocycles. The Morgan fingerprint density at radius 1 is 1.62 bits per heavy atom. The predicted molar refractivity (Wildman–Crippen MR) is 70.1 cm³/mol. The number of terminal acetylenes is 1. The molecule has 4 heteroatoms. The first kappa shape index (κ1) is 12.7. The molecule has 86 valence electrons. The fraction of sp³-hybridized carbons (Fsp3) is 0.417. The molecule has 0 atom stereocenters. The van der Waals surface area contributed by atoms with E-state index < -0.39 is 0 Å². The lowest BCUT2D eigenvalue weighted by molar-refractivity contribution is 0.340. The van der Waals surface area contributed by atoms with Gasteiger partial charge in [0.1, 0.15) is 0 Å². The second-order valence-corrected chi connectivity index (χ2v) is 4.07. The molecule has 1 heterocycles. The average Bonchev–Trinajstić information content (AvgIpc) is 2.31. The van der Waals surface area contributed by atoms with E-state index in [0.717, 1.165) is 29.6 Å². The lowest BCUT2D eigenvalue weighted by Crippen LogP contribution is -2.07. The van der Waals surface area contributed by atoms with E-state index in [0.29, 0.717) is 6.61 Å². The van der Waals surface area contributed by atoms with Crippen molar-refractivity contribution in [3.8, 4) is 18.1 Å². The fourth-order valence-corrected chi connectivity index (χ4v) is 1.68. The zero-order valence-corrected chi connectivity index (χ0v) is 10.2. The molecule has 3 nitrogen and oxygen atoms in total. The third-order valence-electron chi connectivity index (χ3n) is 1.79. The van der Waals surface area contributed by atoms with Crippen molar-refractivity contribution in [2.24, 2.45) is 0 Å². The quantitative estimate of drug-likeness (QED) is 0.581. The van der Waals surface area contributed by atoms with Crippen molar-refractivity contribution in [2.45, 2.75) is 6.92 Å². The third-order valence-corrected chi connectivity index (χ3v) is 2.66. The number of ether oxygens (including phenoxy) is 1. The SMILES string of the molecule is C#CCSCCNc1ncccc1OCC. The van der Waals surface area contributed by atoms with Gasteiger partial charge in [-0.25, -0.2) is 4.98 Å². The number of aromatic nitrogens is 1. The first-order chi connectivity index (χ1) is 7.88. The van der Waals surface area contributed by atoms with Crippen molar-refractivity contribution >= 4 is 17.6 Å². The van der Waals surface area contributed by atoms with Crippen molar-refractivity contribution in [3.05, 3.63) is 18.3 Å². The van der Waals surface area contributed by atoms with E-state index >= 15 is 0 Å². The summed E-state index contributed by atoms with van der Waals surface area (Å²) in [6.07, 6.45) is 6.91. The number of pyridine rings is 1. The van der Waals surface area contributed by atoms with Crippen LogP contribution in [-0.4, -0.2) is 29.6 Å². The molecule has 1 rings (SSSR count). The molecule has 16 heavy (non-hydrogen) atoms. The highest BCUT2D eigenvalue weighted by atomic mass is 32.2. The maximum atomic E-state index is 5.45. The Bertz CT molecular complexity index is 349. The summed E-state index contributed by atoms with van der Waals surface area (Å²) in [4.78, 5) is 4.23. The van der Waals surface area contributed by atoms with Crippen molar-refractivity contribution in [3.63, 3.8) is 0 Å². The van der Waals surface area contributed by atoms with Gasteiger partial charge in [0.15, 0.2) is 11.6 Å². The van der Waals surface area contributed by atoms with Crippen LogP contribution in [0.2, 0.25) is 0 Å². The smallest absolute Gasteiger partial charge is 0.168 e. The van der Waals surface area contributed by atoms with Gasteiger partial charge in [0.25, 0.3) is 0 Å². The van der Waals surface area contributed by atoms with Gasteiger partial charge in [-0.2, -0.15) is 0 Å². The van der Waals surface area contributed by atoms with Gasteiger partial charge in [-0.3, -0.25) is 0 Å². The molecule has 0 unspecified atom stereocenters. The Hall–Kier alpha value is -1.34. The second kappa shape index (κ2) is 7.89. The Balaban J connectivity index is 2.38. The number of hydrogen-bond donors (Lipinski definition) is 1. The van der Waals surface area contributed by atoms with Crippen molar-refractivity contribution in [1.82, 2.24) is 4.98 Å². The van der Waals surface area contributed by atoms with E-state index in [1.807, 2.05) is 19.1 Å². The normalized spacial score (nSPS) is 9.50. The summed E-state index contributed by atoms with van der Waals surface area (Å²) in [7, 11) is 0. The predicted octanol–water partition coefficient (Wildman–Crippen LogP) is 2.26. The highest BCUT2D eigenvalue weighted by molar-refractivity contribution is 7.99. The molecule has 0 fully saturated rings. The maximum absolute atomic E-state index is 5.45. The fourth-order valence-electron chi connectivity index (χ4n) is 1.17. The molecule has 0 radical (unpaired) electrons. The summed E-state index contributed by atoms with van der Waals surface area (Å²) in [5.74, 6) is 5.90. The molecule has 0 saturated heterocycles. The molecule has 0 bridgehead atoms. The van der Waals surface area contributed by atoms with Crippen LogP contribution >= 0.6 is 11.8 Å². The first-order valence-corrected chi connectivity index (χ1v) is 6.36. The van der Waals surface area contributed by atoms with Crippen LogP contribution in [0.5, 0.6) is 5.75 Å². The zero-order chi connectivity index (χ0) is 11.6. The number of nitrogens with zero attached hydrogens (tertiary/aromatic N) is 1. The molecule has 0 aliphatic rings. The first-order valence-electron chi connectivity index (χ1n) is 5.21. The van der Waals surface area contributed by atoms with Crippen LogP contribution in [0.15, 0.2) is 18.3 Å². The Kier molecular flexibility index (Phi) is 6.28. The van der Waals surface area contributed by atoms with Crippen molar-refractivity contribution in [2.75, 3.05) is 30.0 Å². The Labute approximate surface area is 101 Å². The van der Waals surface area contributed by atoms with Gasteiger partial charge in [-0.1, -0.05) is 5.92 Å². The van der Waals surface area contributed by atoms with Crippen LogP contribution in [-0.2, 0) is 0 Å². The minimum atomic E-state index is 0.645. The van der Waals surface area contributed by atoms with Gasteiger partial charge in [-0.15, -0.1) is 18.2 Å². The van der Waals surface area contributed by atoms with E-state index in [1.165, 1.54) is 0 Å². The van der Waals surface area contributed by atoms with Crippen LogP contribution in [0.3, 0.4) is 0 Å². The van der Waals surface area contributed by atoms with Crippen LogP contribution in [0.1, 0.15) is 6.92 Å². The van der Waals surface area contributed by atoms with Gasteiger partial charge >= 0.3 is 0 Å². The number of anilines is 1. The van der Waals surface area contributed by atoms with E-state index in [-0.39, 0.29) is 0 Å². The van der Waals surface area contributed by atoms with Crippen LogP contribution in [0.4, 0.5) is 5.82 Å². The topological polar surface area (TPSA) is 34.2 Å². The number of hydrogen-bond acceptors (Lipinski definition) is 4. The summed E-state index contributed by atoms with van der Waals surface area (Å²) in [6, 6.07) is 3.77. The molecule has 1 N–H and O–H groups in total. The molecule has 1 aromatic rings. The van der Waals surface area contributed by atoms with E-state index in [2.05, 4.69) is 16.2 Å². The average molecular weight is 236 g/mol. The molecular formula is C12H16N2OS. The summed E-state index contributed by atoms with van der Waals surface area (Å²) < 4.78 is 5.45. The lowest BCUT2D eigenvalue weighted by Gasteiger charge is -2.10. The molecule has 0 aliphatic heterocycles. The number of thioether (sulfide) groups is 1. The van der Waals surface area contributed by atoms with Crippen LogP contribution < -0.4 is 10.1 Å². The maximum Gasteiger partial charge on any atom is 0.168 e. The molecule has 0 saturated carbocycles. The summed E-state index contributed by atoms with van der Waals surface area (Å²) in [5, 5.41) is 3.23. The molecular weight excluding hydrogens is 220 g/mol. The summed E-state index contributed by atoms with van der Waals surface area (Å²) in [5.41, 5.74) is 0. The second-order valence-electron chi connectivity index (χ2n) is 2.97. The zero-order valence-electron chi connectivity index (χ0n) is 9.40. The number of nitrogens with one attached hydrogen (secondary N) is 1. The van der Waals surface area contributed by atoms with E-state index in [4.69, 9.17) is 11.2 Å². The van der Waals surface area contributed by atoms with Gasteiger partial charge in [0.2, 0.25) is 0 Å². The third kappa shape index (κ3) is 4.45. The van der Waals surface area contributed by atoms with Crippen LogP contribution in [0.25, 0.3) is 0 Å². The highest BCUT2D eigenvalue weighted by Gasteiger charge is 2.02. The van der Waals surface area contributed by atoms with E-state index in [1.54, 1.807) is 18.0 Å². The standard InChI is InChI=1S/C12H16N2OS/c1-3-9-16-10-8-14-12-11(15-4-2)6-5-7-13-12/h1,5-7H,4,8-10H2,2H3,(H,13,14).